The Morgan fingerprint density at radius 1 is 1.06 bits per heavy atom. The number of pyridine rings is 1. The van der Waals surface area contributed by atoms with Crippen molar-refractivity contribution in [2.24, 2.45) is 0 Å². The first-order chi connectivity index (χ1) is 15.0. The van der Waals surface area contributed by atoms with E-state index in [4.69, 9.17) is 14.5 Å². The molecule has 0 atom stereocenters. The van der Waals surface area contributed by atoms with E-state index in [0.717, 1.165) is 26.9 Å². The molecule has 0 bridgehead atoms. The Kier molecular flexibility index (Phi) is 5.77. The van der Waals surface area contributed by atoms with Crippen LogP contribution in [-0.2, 0) is 6.54 Å². The molecule has 8 nitrogen and oxygen atoms in total. The number of anilines is 1. The van der Waals surface area contributed by atoms with E-state index in [9.17, 15) is 4.79 Å². The van der Waals surface area contributed by atoms with Crippen LogP contribution >= 0.6 is 11.3 Å². The van der Waals surface area contributed by atoms with Gasteiger partial charge < -0.3 is 9.47 Å². The minimum Gasteiger partial charge on any atom is -0.481 e. The monoisotopic (exact) mass is 435 g/mol. The van der Waals surface area contributed by atoms with Crippen LogP contribution in [0.5, 0.6) is 11.9 Å². The summed E-state index contributed by atoms with van der Waals surface area (Å²) in [5, 5.41) is 0.581. The van der Waals surface area contributed by atoms with E-state index in [0.29, 0.717) is 11.7 Å². The molecule has 0 fully saturated rings. The third kappa shape index (κ3) is 4.17. The van der Waals surface area contributed by atoms with Gasteiger partial charge in [-0.2, -0.15) is 9.97 Å². The third-order valence-electron chi connectivity index (χ3n) is 4.76. The number of hydrogen-bond acceptors (Lipinski definition) is 8. The molecule has 31 heavy (non-hydrogen) atoms. The Morgan fingerprint density at radius 2 is 1.87 bits per heavy atom. The summed E-state index contributed by atoms with van der Waals surface area (Å²) < 4.78 is 11.4. The van der Waals surface area contributed by atoms with Gasteiger partial charge in [0.05, 0.1) is 31.0 Å². The second-order valence-electron chi connectivity index (χ2n) is 6.91. The Hall–Kier alpha value is -3.59. The zero-order valence-corrected chi connectivity index (χ0v) is 18.4. The van der Waals surface area contributed by atoms with Gasteiger partial charge in [-0.3, -0.25) is 14.7 Å². The summed E-state index contributed by atoms with van der Waals surface area (Å²) in [6, 6.07) is 9.40. The van der Waals surface area contributed by atoms with Crippen LogP contribution < -0.4 is 14.4 Å². The fraction of sp³-hybridized carbons (Fsp3) is 0.227. The summed E-state index contributed by atoms with van der Waals surface area (Å²) in [6.45, 7) is 4.34. The summed E-state index contributed by atoms with van der Waals surface area (Å²) in [6.07, 6.45) is 3.42. The maximum atomic E-state index is 13.6. The van der Waals surface area contributed by atoms with Crippen molar-refractivity contribution in [2.75, 3.05) is 19.1 Å². The van der Waals surface area contributed by atoms with Gasteiger partial charge in [0.15, 0.2) is 5.13 Å². The molecule has 9 heteroatoms. The molecule has 3 aromatic heterocycles. The number of aromatic nitrogens is 4. The van der Waals surface area contributed by atoms with Crippen molar-refractivity contribution in [3.63, 3.8) is 0 Å². The number of benzene rings is 1. The van der Waals surface area contributed by atoms with Crippen LogP contribution in [0.15, 0.2) is 42.7 Å². The maximum Gasteiger partial charge on any atom is 0.320 e. The molecule has 0 spiro atoms. The molecule has 4 aromatic rings. The van der Waals surface area contributed by atoms with Crippen molar-refractivity contribution in [1.82, 2.24) is 19.9 Å². The first-order valence-electron chi connectivity index (χ1n) is 9.54. The predicted molar refractivity (Wildman–Crippen MR) is 119 cm³/mol. The number of aryl methyl sites for hydroxylation is 2. The fourth-order valence-electron chi connectivity index (χ4n) is 3.11. The van der Waals surface area contributed by atoms with Crippen molar-refractivity contribution in [1.29, 1.82) is 0 Å². The van der Waals surface area contributed by atoms with Gasteiger partial charge in [0.2, 0.25) is 5.88 Å². The largest absolute Gasteiger partial charge is 0.481 e. The average Bonchev–Trinajstić information content (AvgIpc) is 3.26. The molecular formula is C22H21N5O3S. The Labute approximate surface area is 183 Å². The van der Waals surface area contributed by atoms with Crippen LogP contribution in [0.1, 0.15) is 27.2 Å². The number of fused-ring (bicyclic) bond motifs is 1. The van der Waals surface area contributed by atoms with Gasteiger partial charge in [-0.25, -0.2) is 4.98 Å². The molecule has 0 aliphatic rings. The van der Waals surface area contributed by atoms with Gasteiger partial charge in [-0.05, 0) is 36.6 Å². The molecule has 0 aliphatic carbocycles. The summed E-state index contributed by atoms with van der Waals surface area (Å²) >= 11 is 1.48. The van der Waals surface area contributed by atoms with Crippen LogP contribution in [0.3, 0.4) is 0 Å². The quantitative estimate of drug-likeness (QED) is 0.453. The molecule has 0 N–H and O–H groups in total. The summed E-state index contributed by atoms with van der Waals surface area (Å²) in [7, 11) is 2.91. The lowest BCUT2D eigenvalue weighted by Gasteiger charge is -2.19. The highest BCUT2D eigenvalue weighted by Gasteiger charge is 2.25. The second kappa shape index (κ2) is 8.65. The lowest BCUT2D eigenvalue weighted by molar-refractivity contribution is 0.0978. The van der Waals surface area contributed by atoms with Crippen molar-refractivity contribution in [3.05, 3.63) is 65.1 Å². The Morgan fingerprint density at radius 3 is 2.55 bits per heavy atom. The molecule has 0 radical (unpaired) electrons. The fourth-order valence-corrected chi connectivity index (χ4v) is 4.22. The van der Waals surface area contributed by atoms with Crippen molar-refractivity contribution in [3.8, 4) is 11.9 Å². The molecular weight excluding hydrogens is 414 g/mol. The maximum absolute atomic E-state index is 13.6. The Balaban J connectivity index is 1.83. The van der Waals surface area contributed by atoms with Crippen molar-refractivity contribution in [2.45, 2.75) is 20.4 Å². The lowest BCUT2D eigenvalue weighted by Crippen LogP contribution is -2.31. The highest BCUT2D eigenvalue weighted by molar-refractivity contribution is 7.22. The summed E-state index contributed by atoms with van der Waals surface area (Å²) in [5.41, 5.74) is 4.09. The number of carbonyl (C=O) groups is 1. The molecule has 1 aromatic carbocycles. The SMILES string of the molecule is COc1cc(C(=O)N(Cc2cccnc2)c2nc3c(C)ccc(C)c3s2)nc(OC)n1. The van der Waals surface area contributed by atoms with E-state index >= 15 is 0 Å². The zero-order chi connectivity index (χ0) is 22.0. The lowest BCUT2D eigenvalue weighted by atomic mass is 10.1. The zero-order valence-electron chi connectivity index (χ0n) is 17.6. The van der Waals surface area contributed by atoms with Crippen LogP contribution in [0.4, 0.5) is 5.13 Å². The summed E-state index contributed by atoms with van der Waals surface area (Å²) in [5.74, 6) is -0.0928. The van der Waals surface area contributed by atoms with E-state index in [-0.39, 0.29) is 23.5 Å². The van der Waals surface area contributed by atoms with E-state index in [1.165, 1.54) is 31.6 Å². The van der Waals surface area contributed by atoms with E-state index in [1.807, 2.05) is 32.0 Å². The average molecular weight is 436 g/mol. The highest BCUT2D eigenvalue weighted by atomic mass is 32.1. The first kappa shape index (κ1) is 20.7. The second-order valence-corrected chi connectivity index (χ2v) is 7.89. The van der Waals surface area contributed by atoms with Gasteiger partial charge in [0, 0.05) is 18.5 Å². The molecule has 0 unspecified atom stereocenters. The molecule has 3 heterocycles. The predicted octanol–water partition coefficient (Wildman–Crippen LogP) is 3.96. The van der Waals surface area contributed by atoms with Crippen molar-refractivity contribution < 1.29 is 14.3 Å². The minimum absolute atomic E-state index is 0.0556. The number of rotatable bonds is 6. The molecule has 158 valence electrons. The van der Waals surface area contributed by atoms with E-state index < -0.39 is 0 Å². The number of carbonyl (C=O) groups excluding carboxylic acids is 1. The standard InChI is InChI=1S/C22H21N5O3S/c1-13-7-8-14(2)19-18(13)26-22(31-19)27(12-15-6-5-9-23-11-15)20(28)16-10-17(29-3)25-21(24-16)30-4/h5-11H,12H2,1-4H3. The van der Waals surface area contributed by atoms with Gasteiger partial charge in [-0.1, -0.05) is 29.5 Å². The van der Waals surface area contributed by atoms with Gasteiger partial charge in [-0.15, -0.1) is 0 Å². The van der Waals surface area contributed by atoms with Crippen molar-refractivity contribution >= 4 is 32.6 Å². The number of hydrogen-bond donors (Lipinski definition) is 0. The number of amides is 1. The minimum atomic E-state index is -0.336. The number of ether oxygens (including phenoxy) is 2. The molecule has 4 rings (SSSR count). The smallest absolute Gasteiger partial charge is 0.320 e. The first-order valence-corrected chi connectivity index (χ1v) is 10.4. The topological polar surface area (TPSA) is 90.3 Å². The highest BCUT2D eigenvalue weighted by Crippen LogP contribution is 2.34. The third-order valence-corrected chi connectivity index (χ3v) is 5.98. The molecule has 0 saturated carbocycles. The number of nitrogens with zero attached hydrogens (tertiary/aromatic N) is 5. The van der Waals surface area contributed by atoms with E-state index in [2.05, 4.69) is 21.0 Å². The molecule has 0 aliphatic heterocycles. The van der Waals surface area contributed by atoms with Crippen LogP contribution in [0.2, 0.25) is 0 Å². The van der Waals surface area contributed by atoms with E-state index in [1.54, 1.807) is 17.3 Å². The molecule has 0 saturated heterocycles. The Bertz CT molecular complexity index is 1180. The van der Waals surface area contributed by atoms with Crippen LogP contribution in [0, 0.1) is 13.8 Å². The summed E-state index contributed by atoms with van der Waals surface area (Å²) in [4.78, 5) is 32.5. The van der Waals surface area contributed by atoms with Gasteiger partial charge in [0.25, 0.3) is 5.91 Å². The molecule has 1 amide bonds. The van der Waals surface area contributed by atoms with Crippen LogP contribution in [-0.4, -0.2) is 40.1 Å². The van der Waals surface area contributed by atoms with Crippen LogP contribution in [0.25, 0.3) is 10.2 Å². The van der Waals surface area contributed by atoms with Gasteiger partial charge in [0.1, 0.15) is 5.69 Å². The number of thiazole rings is 1. The number of methoxy groups -OCH3 is 2. The normalized spacial score (nSPS) is 10.8. The van der Waals surface area contributed by atoms with Gasteiger partial charge >= 0.3 is 6.01 Å².